The molecule has 0 unspecified atom stereocenters. The zero-order valence-corrected chi connectivity index (χ0v) is 14.7. The summed E-state index contributed by atoms with van der Waals surface area (Å²) in [6.45, 7) is 0. The summed E-state index contributed by atoms with van der Waals surface area (Å²) in [6.07, 6.45) is 1.76. The Bertz CT molecular complexity index is 743. The Morgan fingerprint density at radius 2 is 1.72 bits per heavy atom. The molecule has 25 heavy (non-hydrogen) atoms. The van der Waals surface area contributed by atoms with Crippen LogP contribution in [0.15, 0.2) is 36.4 Å². The molecule has 0 heterocycles. The lowest BCUT2D eigenvalue weighted by atomic mass is 10.1. The number of hydrogen-bond donors (Lipinski definition) is 0. The summed E-state index contributed by atoms with van der Waals surface area (Å²) in [5.74, 6) is 1.29. The first-order chi connectivity index (χ1) is 12.2. The van der Waals surface area contributed by atoms with Gasteiger partial charge in [0.05, 0.1) is 27.8 Å². The number of carbonyl (C=O) groups excluding carboxylic acids is 1. The van der Waals surface area contributed by atoms with Gasteiger partial charge in [0.25, 0.3) is 0 Å². The maximum absolute atomic E-state index is 12.4. The topological polar surface area (TPSA) is 54.0 Å². The molecule has 132 valence electrons. The summed E-state index contributed by atoms with van der Waals surface area (Å²) < 4.78 is 21.6. The van der Waals surface area contributed by atoms with Crippen molar-refractivity contribution in [2.45, 2.75) is 25.4 Å². The molecule has 0 N–H and O–H groups in total. The highest BCUT2D eigenvalue weighted by molar-refractivity contribution is 5.74. The van der Waals surface area contributed by atoms with Crippen LogP contribution in [0.1, 0.15) is 29.2 Å². The summed E-state index contributed by atoms with van der Waals surface area (Å²) in [6, 6.07) is 11.6. The van der Waals surface area contributed by atoms with Crippen LogP contribution in [0.25, 0.3) is 0 Å². The zero-order valence-electron chi connectivity index (χ0n) is 14.7. The van der Waals surface area contributed by atoms with Crippen molar-refractivity contribution in [1.82, 2.24) is 0 Å². The number of fused-ring (bicyclic) bond motifs is 1. The molecule has 0 saturated carbocycles. The van der Waals surface area contributed by atoms with E-state index in [0.29, 0.717) is 17.2 Å². The van der Waals surface area contributed by atoms with E-state index in [1.54, 1.807) is 33.5 Å². The van der Waals surface area contributed by atoms with Gasteiger partial charge in [-0.25, -0.2) is 0 Å². The summed E-state index contributed by atoms with van der Waals surface area (Å²) in [7, 11) is 4.65. The van der Waals surface area contributed by atoms with E-state index in [4.69, 9.17) is 18.9 Å². The molecule has 0 saturated heterocycles. The van der Waals surface area contributed by atoms with Gasteiger partial charge in [0.2, 0.25) is 5.75 Å². The highest BCUT2D eigenvalue weighted by atomic mass is 16.5. The number of hydrogen-bond acceptors (Lipinski definition) is 5. The third-order valence-electron chi connectivity index (χ3n) is 4.42. The molecule has 2 aromatic carbocycles. The molecule has 3 rings (SSSR count). The number of esters is 1. The molecule has 0 fully saturated rings. The van der Waals surface area contributed by atoms with E-state index in [9.17, 15) is 4.79 Å². The Kier molecular flexibility index (Phi) is 5.12. The van der Waals surface area contributed by atoms with Crippen molar-refractivity contribution in [3.8, 4) is 17.2 Å². The molecule has 5 heteroatoms. The minimum absolute atomic E-state index is 0.148. The standard InChI is InChI=1S/C20H22O5/c1-22-17-10-13(11-18(23-2)20(17)24-3)12-19(21)25-16-9-8-14-6-4-5-7-15(14)16/h4-7,10-11,16H,8-9,12H2,1-3H3/t16-/m1/s1. The SMILES string of the molecule is COc1cc(CC(=O)O[C@@H]2CCc3ccccc32)cc(OC)c1OC. The lowest BCUT2D eigenvalue weighted by Gasteiger charge is -2.16. The highest BCUT2D eigenvalue weighted by Crippen LogP contribution is 2.39. The Hall–Kier alpha value is -2.69. The molecular weight excluding hydrogens is 320 g/mol. The molecule has 0 bridgehead atoms. The fourth-order valence-electron chi connectivity index (χ4n) is 3.24. The Morgan fingerprint density at radius 1 is 1.04 bits per heavy atom. The number of methoxy groups -OCH3 is 3. The smallest absolute Gasteiger partial charge is 0.310 e. The van der Waals surface area contributed by atoms with Crippen molar-refractivity contribution < 1.29 is 23.7 Å². The van der Waals surface area contributed by atoms with E-state index in [1.807, 2.05) is 18.2 Å². The second-order valence-corrected chi connectivity index (χ2v) is 5.93. The summed E-state index contributed by atoms with van der Waals surface area (Å²) in [4.78, 5) is 12.4. The van der Waals surface area contributed by atoms with Gasteiger partial charge in [-0.2, -0.15) is 0 Å². The van der Waals surface area contributed by atoms with Crippen LogP contribution in [0.4, 0.5) is 0 Å². The average molecular weight is 342 g/mol. The van der Waals surface area contributed by atoms with Crippen LogP contribution in [0, 0.1) is 0 Å². The fourth-order valence-corrected chi connectivity index (χ4v) is 3.24. The normalized spacial score (nSPS) is 15.4. The lowest BCUT2D eigenvalue weighted by molar-refractivity contribution is -0.148. The van der Waals surface area contributed by atoms with Crippen molar-refractivity contribution in [3.63, 3.8) is 0 Å². The van der Waals surface area contributed by atoms with Gasteiger partial charge in [-0.3, -0.25) is 4.79 Å². The Morgan fingerprint density at radius 3 is 2.36 bits per heavy atom. The zero-order chi connectivity index (χ0) is 17.8. The predicted molar refractivity (Wildman–Crippen MR) is 93.4 cm³/mol. The summed E-state index contributed by atoms with van der Waals surface area (Å²) in [5.41, 5.74) is 3.12. The number of benzene rings is 2. The quantitative estimate of drug-likeness (QED) is 0.752. The molecule has 0 spiro atoms. The molecule has 2 aromatic rings. The van der Waals surface area contributed by atoms with Crippen molar-refractivity contribution in [3.05, 3.63) is 53.1 Å². The van der Waals surface area contributed by atoms with Crippen LogP contribution < -0.4 is 14.2 Å². The van der Waals surface area contributed by atoms with Gasteiger partial charge in [0.1, 0.15) is 6.10 Å². The first-order valence-electron chi connectivity index (χ1n) is 8.22. The van der Waals surface area contributed by atoms with Crippen LogP contribution in [-0.4, -0.2) is 27.3 Å². The Balaban J connectivity index is 1.73. The van der Waals surface area contributed by atoms with Crippen molar-refractivity contribution in [2.24, 2.45) is 0 Å². The second-order valence-electron chi connectivity index (χ2n) is 5.93. The lowest BCUT2D eigenvalue weighted by Crippen LogP contribution is -2.12. The number of rotatable bonds is 6. The van der Waals surface area contributed by atoms with E-state index in [0.717, 1.165) is 24.0 Å². The van der Waals surface area contributed by atoms with Crippen LogP contribution in [0.3, 0.4) is 0 Å². The van der Waals surface area contributed by atoms with Gasteiger partial charge < -0.3 is 18.9 Å². The molecule has 1 aliphatic carbocycles. The van der Waals surface area contributed by atoms with Gasteiger partial charge in [0.15, 0.2) is 11.5 Å². The molecule has 1 atom stereocenters. The van der Waals surface area contributed by atoms with Crippen LogP contribution in [0.2, 0.25) is 0 Å². The maximum Gasteiger partial charge on any atom is 0.310 e. The first kappa shape index (κ1) is 17.1. The van der Waals surface area contributed by atoms with Gasteiger partial charge >= 0.3 is 5.97 Å². The maximum atomic E-state index is 12.4. The highest BCUT2D eigenvalue weighted by Gasteiger charge is 2.25. The van der Waals surface area contributed by atoms with Crippen LogP contribution >= 0.6 is 0 Å². The van der Waals surface area contributed by atoms with Crippen LogP contribution in [-0.2, 0) is 22.4 Å². The molecule has 0 aliphatic heterocycles. The fraction of sp³-hybridized carbons (Fsp3) is 0.350. The minimum Gasteiger partial charge on any atom is -0.493 e. The van der Waals surface area contributed by atoms with Crippen molar-refractivity contribution in [2.75, 3.05) is 21.3 Å². The number of aryl methyl sites for hydroxylation is 1. The second kappa shape index (κ2) is 7.47. The average Bonchev–Trinajstić information content (AvgIpc) is 3.03. The third-order valence-corrected chi connectivity index (χ3v) is 4.42. The van der Waals surface area contributed by atoms with E-state index in [1.165, 1.54) is 5.56 Å². The van der Waals surface area contributed by atoms with Gasteiger partial charge in [-0.05, 0) is 41.7 Å². The first-order valence-corrected chi connectivity index (χ1v) is 8.22. The molecule has 5 nitrogen and oxygen atoms in total. The summed E-state index contributed by atoms with van der Waals surface area (Å²) >= 11 is 0. The van der Waals surface area contributed by atoms with E-state index in [-0.39, 0.29) is 18.5 Å². The largest absolute Gasteiger partial charge is 0.493 e. The van der Waals surface area contributed by atoms with Crippen LogP contribution in [0.5, 0.6) is 17.2 Å². The molecular formula is C20H22O5. The number of carbonyl (C=O) groups is 1. The van der Waals surface area contributed by atoms with E-state index in [2.05, 4.69) is 6.07 Å². The van der Waals surface area contributed by atoms with Crippen molar-refractivity contribution >= 4 is 5.97 Å². The van der Waals surface area contributed by atoms with Gasteiger partial charge in [0, 0.05) is 0 Å². The summed E-state index contributed by atoms with van der Waals surface area (Å²) in [5, 5.41) is 0. The minimum atomic E-state index is -0.268. The van der Waals surface area contributed by atoms with E-state index < -0.39 is 0 Å². The van der Waals surface area contributed by atoms with E-state index >= 15 is 0 Å². The monoisotopic (exact) mass is 342 g/mol. The third kappa shape index (κ3) is 3.55. The van der Waals surface area contributed by atoms with Gasteiger partial charge in [-0.15, -0.1) is 0 Å². The molecule has 1 aliphatic rings. The van der Waals surface area contributed by atoms with Gasteiger partial charge in [-0.1, -0.05) is 24.3 Å². The molecule has 0 radical (unpaired) electrons. The Labute approximate surface area is 147 Å². The molecule has 0 amide bonds. The van der Waals surface area contributed by atoms with Crippen molar-refractivity contribution in [1.29, 1.82) is 0 Å². The predicted octanol–water partition coefficient (Wildman–Crippen LogP) is 3.49. The molecule has 0 aromatic heterocycles. The number of ether oxygens (including phenoxy) is 4.